The summed E-state index contributed by atoms with van der Waals surface area (Å²) in [6.45, 7) is 1.39. The van der Waals surface area contributed by atoms with E-state index in [9.17, 15) is 4.79 Å². The normalized spacial score (nSPS) is 30.5. The molecule has 2 fully saturated rings. The first-order valence-electron chi connectivity index (χ1n) is 5.38. The Bertz CT molecular complexity index is 218. The lowest BCUT2D eigenvalue weighted by molar-refractivity contribution is -0.126. The molecule has 2 rings (SSSR count). The van der Waals surface area contributed by atoms with Gasteiger partial charge in [0.05, 0.1) is 18.2 Å². The highest BCUT2D eigenvalue weighted by Crippen LogP contribution is 2.27. The van der Waals surface area contributed by atoms with Crippen molar-refractivity contribution < 1.29 is 9.53 Å². The van der Waals surface area contributed by atoms with E-state index in [4.69, 9.17) is 10.5 Å². The first kappa shape index (κ1) is 9.93. The lowest BCUT2D eigenvalue weighted by Crippen LogP contribution is -2.54. The van der Waals surface area contributed by atoms with Crippen LogP contribution in [0.15, 0.2) is 0 Å². The summed E-state index contributed by atoms with van der Waals surface area (Å²) < 4.78 is 5.20. The van der Waals surface area contributed by atoms with Crippen molar-refractivity contribution in [2.75, 3.05) is 13.2 Å². The van der Waals surface area contributed by atoms with Crippen LogP contribution in [-0.4, -0.2) is 30.7 Å². The maximum Gasteiger partial charge on any atom is 0.240 e. The zero-order chi connectivity index (χ0) is 10.0. The minimum atomic E-state index is -0.595. The predicted octanol–water partition coefficient (Wildman–Crippen LogP) is 0.163. The van der Waals surface area contributed by atoms with E-state index in [1.165, 1.54) is 0 Å². The third kappa shape index (κ3) is 1.91. The highest BCUT2D eigenvalue weighted by molar-refractivity contribution is 5.86. The van der Waals surface area contributed by atoms with Crippen molar-refractivity contribution in [3.63, 3.8) is 0 Å². The number of amides is 1. The number of hydrogen-bond donors (Lipinski definition) is 2. The van der Waals surface area contributed by atoms with Gasteiger partial charge in [-0.2, -0.15) is 0 Å². The Kier molecular flexibility index (Phi) is 2.74. The van der Waals surface area contributed by atoms with E-state index in [0.29, 0.717) is 6.61 Å². The van der Waals surface area contributed by atoms with Gasteiger partial charge in [-0.15, -0.1) is 0 Å². The van der Waals surface area contributed by atoms with Crippen molar-refractivity contribution in [1.29, 1.82) is 0 Å². The van der Waals surface area contributed by atoms with Crippen molar-refractivity contribution in [1.82, 2.24) is 5.32 Å². The summed E-state index contributed by atoms with van der Waals surface area (Å²) in [7, 11) is 0. The zero-order valence-corrected chi connectivity index (χ0v) is 8.42. The molecule has 1 amide bonds. The molecule has 1 unspecified atom stereocenters. The number of hydrogen-bond acceptors (Lipinski definition) is 3. The smallest absolute Gasteiger partial charge is 0.240 e. The van der Waals surface area contributed by atoms with Crippen molar-refractivity contribution in [3.8, 4) is 0 Å². The van der Waals surface area contributed by atoms with Crippen LogP contribution in [0.25, 0.3) is 0 Å². The maximum atomic E-state index is 11.8. The summed E-state index contributed by atoms with van der Waals surface area (Å²) in [5.41, 5.74) is 5.43. The van der Waals surface area contributed by atoms with Gasteiger partial charge < -0.3 is 15.8 Å². The van der Waals surface area contributed by atoms with Crippen LogP contribution in [0.1, 0.15) is 32.1 Å². The second kappa shape index (κ2) is 3.87. The number of carbonyl (C=O) groups excluding carboxylic acids is 1. The number of nitrogens with one attached hydrogen (secondary N) is 1. The number of rotatable bonds is 2. The van der Waals surface area contributed by atoms with Crippen LogP contribution in [-0.2, 0) is 9.53 Å². The fourth-order valence-corrected chi connectivity index (χ4v) is 2.21. The lowest BCUT2D eigenvalue weighted by Gasteiger charge is -2.24. The second-order valence-corrected chi connectivity index (χ2v) is 4.40. The van der Waals surface area contributed by atoms with Gasteiger partial charge in [0, 0.05) is 6.61 Å². The molecule has 0 radical (unpaired) electrons. The Balaban J connectivity index is 1.87. The molecule has 0 aromatic heterocycles. The molecule has 0 spiro atoms. The Morgan fingerprint density at radius 1 is 1.43 bits per heavy atom. The molecule has 0 aromatic carbocycles. The summed E-state index contributed by atoms with van der Waals surface area (Å²) in [4.78, 5) is 11.8. The molecule has 2 aliphatic rings. The van der Waals surface area contributed by atoms with E-state index in [2.05, 4.69) is 5.32 Å². The molecule has 80 valence electrons. The van der Waals surface area contributed by atoms with Crippen LogP contribution in [0.4, 0.5) is 0 Å². The van der Waals surface area contributed by atoms with Gasteiger partial charge in [0.25, 0.3) is 0 Å². The van der Waals surface area contributed by atoms with E-state index in [1.807, 2.05) is 0 Å². The van der Waals surface area contributed by atoms with Crippen molar-refractivity contribution >= 4 is 5.91 Å². The largest absolute Gasteiger partial charge is 0.379 e. The minimum absolute atomic E-state index is 0.0190. The van der Waals surface area contributed by atoms with E-state index >= 15 is 0 Å². The molecule has 1 saturated heterocycles. The first-order chi connectivity index (χ1) is 6.71. The Hall–Kier alpha value is -0.610. The van der Waals surface area contributed by atoms with Crippen LogP contribution in [0.2, 0.25) is 0 Å². The van der Waals surface area contributed by atoms with E-state index in [-0.39, 0.29) is 11.9 Å². The average Bonchev–Trinajstić information content (AvgIpc) is 2.76. The van der Waals surface area contributed by atoms with Gasteiger partial charge in [0.15, 0.2) is 0 Å². The fourth-order valence-electron chi connectivity index (χ4n) is 2.21. The van der Waals surface area contributed by atoms with Crippen molar-refractivity contribution in [2.24, 2.45) is 5.73 Å². The monoisotopic (exact) mass is 198 g/mol. The van der Waals surface area contributed by atoms with E-state index in [0.717, 1.165) is 38.7 Å². The summed E-state index contributed by atoms with van der Waals surface area (Å²) in [5.74, 6) is 0.0190. The molecule has 1 aliphatic heterocycles. The van der Waals surface area contributed by atoms with E-state index in [1.54, 1.807) is 0 Å². The Morgan fingerprint density at radius 3 is 2.71 bits per heavy atom. The average molecular weight is 198 g/mol. The zero-order valence-electron chi connectivity index (χ0n) is 8.42. The predicted molar refractivity (Wildman–Crippen MR) is 52.8 cm³/mol. The fraction of sp³-hybridized carbons (Fsp3) is 0.900. The first-order valence-corrected chi connectivity index (χ1v) is 5.38. The topological polar surface area (TPSA) is 64.4 Å². The van der Waals surface area contributed by atoms with Crippen LogP contribution in [0.5, 0.6) is 0 Å². The molecular formula is C10H18N2O2. The molecule has 0 aromatic rings. The van der Waals surface area contributed by atoms with Crippen LogP contribution in [0, 0.1) is 0 Å². The van der Waals surface area contributed by atoms with Crippen molar-refractivity contribution in [3.05, 3.63) is 0 Å². The number of nitrogens with two attached hydrogens (primary N) is 1. The quantitative estimate of drug-likeness (QED) is 0.664. The van der Waals surface area contributed by atoms with Crippen LogP contribution < -0.4 is 11.1 Å². The Morgan fingerprint density at radius 2 is 2.14 bits per heavy atom. The molecule has 14 heavy (non-hydrogen) atoms. The standard InChI is InChI=1S/C10H18N2O2/c11-10(4-1-2-5-10)9(13)12-8-3-6-14-7-8/h8H,1-7,11H2,(H,12,13). The van der Waals surface area contributed by atoms with Gasteiger partial charge in [0.1, 0.15) is 0 Å². The number of carbonyl (C=O) groups is 1. The summed E-state index contributed by atoms with van der Waals surface area (Å²) in [6.07, 6.45) is 4.72. The molecule has 1 atom stereocenters. The molecule has 1 heterocycles. The third-order valence-electron chi connectivity index (χ3n) is 3.21. The molecule has 1 aliphatic carbocycles. The van der Waals surface area contributed by atoms with Gasteiger partial charge in [-0.3, -0.25) is 4.79 Å². The highest BCUT2D eigenvalue weighted by atomic mass is 16.5. The Labute approximate surface area is 84.2 Å². The van der Waals surface area contributed by atoms with Gasteiger partial charge in [-0.1, -0.05) is 12.8 Å². The van der Waals surface area contributed by atoms with Crippen molar-refractivity contribution in [2.45, 2.75) is 43.7 Å². The molecule has 4 heteroatoms. The van der Waals surface area contributed by atoms with Gasteiger partial charge >= 0.3 is 0 Å². The van der Waals surface area contributed by atoms with Gasteiger partial charge in [0.2, 0.25) is 5.91 Å². The summed E-state index contributed by atoms with van der Waals surface area (Å²) >= 11 is 0. The van der Waals surface area contributed by atoms with Gasteiger partial charge in [-0.05, 0) is 19.3 Å². The lowest BCUT2D eigenvalue weighted by atomic mass is 9.97. The number of ether oxygens (including phenoxy) is 1. The molecule has 4 nitrogen and oxygen atoms in total. The van der Waals surface area contributed by atoms with Crippen LogP contribution in [0.3, 0.4) is 0 Å². The maximum absolute atomic E-state index is 11.8. The molecule has 1 saturated carbocycles. The second-order valence-electron chi connectivity index (χ2n) is 4.40. The van der Waals surface area contributed by atoms with Gasteiger partial charge in [-0.25, -0.2) is 0 Å². The molecule has 3 N–H and O–H groups in total. The molecule has 0 bridgehead atoms. The molecular weight excluding hydrogens is 180 g/mol. The summed E-state index contributed by atoms with van der Waals surface area (Å²) in [5, 5.41) is 2.97. The highest BCUT2D eigenvalue weighted by Gasteiger charge is 2.38. The van der Waals surface area contributed by atoms with E-state index < -0.39 is 5.54 Å². The van der Waals surface area contributed by atoms with Crippen LogP contribution >= 0.6 is 0 Å². The third-order valence-corrected chi connectivity index (χ3v) is 3.21. The minimum Gasteiger partial charge on any atom is -0.379 e. The SMILES string of the molecule is NC1(C(=O)NC2CCOC2)CCCC1. The summed E-state index contributed by atoms with van der Waals surface area (Å²) in [6, 6.07) is 0.184.